The van der Waals surface area contributed by atoms with E-state index in [2.05, 4.69) is 22.5 Å². The van der Waals surface area contributed by atoms with E-state index in [1.54, 1.807) is 0 Å². The molecule has 2 heterocycles. The van der Waals surface area contributed by atoms with Gasteiger partial charge in [-0.3, -0.25) is 4.79 Å². The van der Waals surface area contributed by atoms with Crippen molar-refractivity contribution in [2.24, 2.45) is 10.4 Å². The summed E-state index contributed by atoms with van der Waals surface area (Å²) in [5.74, 6) is 0.944. The van der Waals surface area contributed by atoms with E-state index in [1.807, 2.05) is 31.2 Å². The maximum Gasteiger partial charge on any atom is 0.251 e. The molecule has 0 aromatic heterocycles. The zero-order valence-electron chi connectivity index (χ0n) is 17.0. The number of rotatable bonds is 6. The van der Waals surface area contributed by atoms with Gasteiger partial charge in [0.2, 0.25) is 0 Å². The molecule has 0 aliphatic carbocycles. The second-order valence-corrected chi connectivity index (χ2v) is 7.60. The fraction of sp³-hybridized carbons (Fsp3) is 0.619. The maximum atomic E-state index is 12.2. The first-order valence-electron chi connectivity index (χ1n) is 10.1. The highest BCUT2D eigenvalue weighted by Crippen LogP contribution is 2.38. The van der Waals surface area contributed by atoms with Crippen LogP contribution in [0.5, 0.6) is 0 Å². The molecule has 2 saturated heterocycles. The minimum Gasteiger partial charge on any atom is -0.381 e. The number of aliphatic imine (C=N–C) groups is 1. The third kappa shape index (κ3) is 5.83. The Morgan fingerprint density at radius 1 is 1.29 bits per heavy atom. The number of nitrogens with zero attached hydrogens (tertiary/aromatic N) is 2. The van der Waals surface area contributed by atoms with Gasteiger partial charge in [-0.05, 0) is 43.9 Å². The third-order valence-electron chi connectivity index (χ3n) is 5.39. The summed E-state index contributed by atoms with van der Waals surface area (Å²) < 4.78 is 5.64. The Hall–Kier alpha value is -1.35. The molecule has 0 radical (unpaired) electrons. The number of benzene rings is 1. The Bertz CT molecular complexity index is 674. The van der Waals surface area contributed by atoms with E-state index < -0.39 is 0 Å². The van der Waals surface area contributed by atoms with Crippen LogP contribution in [0.15, 0.2) is 29.3 Å². The summed E-state index contributed by atoms with van der Waals surface area (Å²) in [4.78, 5) is 19.4. The van der Waals surface area contributed by atoms with Crippen LogP contribution >= 0.6 is 24.0 Å². The Labute approximate surface area is 185 Å². The average molecular weight is 500 g/mol. The molecule has 7 heteroatoms. The normalized spacial score (nSPS) is 21.6. The van der Waals surface area contributed by atoms with Crippen molar-refractivity contribution in [2.45, 2.75) is 39.7 Å². The number of carbonyl (C=O) groups excluding carboxylic acids is 1. The first-order chi connectivity index (χ1) is 13.2. The van der Waals surface area contributed by atoms with Gasteiger partial charge in [0.05, 0.1) is 13.2 Å². The van der Waals surface area contributed by atoms with E-state index in [0.29, 0.717) is 24.1 Å². The Kier molecular flexibility index (Phi) is 9.01. The standard InChI is InChI=1S/C21H32N4O2.HI/c1-3-10-23-19(26)18-7-5-6-17(13-18)14-24-20(22-4-2)25-11-8-21(15-25)9-12-27-16-21;/h5-7,13H,3-4,8-12,14-16H2,1-2H3,(H,22,24)(H,23,26);1H. The van der Waals surface area contributed by atoms with E-state index in [1.165, 1.54) is 6.42 Å². The van der Waals surface area contributed by atoms with E-state index in [4.69, 9.17) is 9.73 Å². The van der Waals surface area contributed by atoms with Gasteiger partial charge in [-0.15, -0.1) is 24.0 Å². The number of halogens is 1. The molecule has 2 fully saturated rings. The molecule has 3 rings (SSSR count). The molecule has 1 aromatic rings. The summed E-state index contributed by atoms with van der Waals surface area (Å²) in [6.07, 6.45) is 3.26. The summed E-state index contributed by atoms with van der Waals surface area (Å²) in [6.45, 7) is 10.0. The van der Waals surface area contributed by atoms with Crippen LogP contribution in [-0.4, -0.2) is 56.2 Å². The van der Waals surface area contributed by atoms with Crippen molar-refractivity contribution < 1.29 is 9.53 Å². The summed E-state index contributed by atoms with van der Waals surface area (Å²) in [7, 11) is 0. The lowest BCUT2D eigenvalue weighted by molar-refractivity contribution is 0.0953. The molecule has 2 N–H and O–H groups in total. The highest BCUT2D eigenvalue weighted by Gasteiger charge is 2.42. The number of guanidine groups is 1. The highest BCUT2D eigenvalue weighted by atomic mass is 127. The van der Waals surface area contributed by atoms with Crippen LogP contribution in [0.2, 0.25) is 0 Å². The molecule has 0 saturated carbocycles. The van der Waals surface area contributed by atoms with Crippen molar-refractivity contribution in [1.29, 1.82) is 0 Å². The molecular formula is C21H33IN4O2. The smallest absolute Gasteiger partial charge is 0.251 e. The predicted octanol–water partition coefficient (Wildman–Crippen LogP) is 3.02. The second kappa shape index (κ2) is 11.0. The predicted molar refractivity (Wildman–Crippen MR) is 123 cm³/mol. The molecular weight excluding hydrogens is 467 g/mol. The van der Waals surface area contributed by atoms with Crippen LogP contribution in [0.1, 0.15) is 49.0 Å². The fourth-order valence-electron chi connectivity index (χ4n) is 3.83. The number of likely N-dealkylation sites (tertiary alicyclic amines) is 1. The third-order valence-corrected chi connectivity index (χ3v) is 5.39. The van der Waals surface area contributed by atoms with E-state index in [9.17, 15) is 4.79 Å². The summed E-state index contributed by atoms with van der Waals surface area (Å²) in [5, 5.41) is 6.35. The first kappa shape index (κ1) is 22.9. The van der Waals surface area contributed by atoms with Crippen molar-refractivity contribution in [3.63, 3.8) is 0 Å². The van der Waals surface area contributed by atoms with Crippen molar-refractivity contribution in [3.05, 3.63) is 35.4 Å². The topological polar surface area (TPSA) is 66.0 Å². The first-order valence-corrected chi connectivity index (χ1v) is 10.1. The van der Waals surface area contributed by atoms with Crippen LogP contribution in [0.25, 0.3) is 0 Å². The van der Waals surface area contributed by atoms with Crippen molar-refractivity contribution >= 4 is 35.8 Å². The van der Waals surface area contributed by atoms with Gasteiger partial charge in [0.25, 0.3) is 5.91 Å². The lowest BCUT2D eigenvalue weighted by atomic mass is 9.87. The Morgan fingerprint density at radius 2 is 2.14 bits per heavy atom. The molecule has 1 atom stereocenters. The number of hydrogen-bond donors (Lipinski definition) is 2. The molecule has 1 amide bonds. The Balaban J connectivity index is 0.00000280. The van der Waals surface area contributed by atoms with E-state index >= 15 is 0 Å². The molecule has 1 aromatic carbocycles. The SMILES string of the molecule is CCCNC(=O)c1cccc(CN=C(NCC)N2CCC3(CCOC3)C2)c1.I. The molecule has 0 bridgehead atoms. The van der Waals surface area contributed by atoms with Crippen LogP contribution in [-0.2, 0) is 11.3 Å². The van der Waals surface area contributed by atoms with Gasteiger partial charge in [0, 0.05) is 43.8 Å². The van der Waals surface area contributed by atoms with Gasteiger partial charge in [0.15, 0.2) is 5.96 Å². The molecule has 1 unspecified atom stereocenters. The quantitative estimate of drug-likeness (QED) is 0.358. The summed E-state index contributed by atoms with van der Waals surface area (Å²) >= 11 is 0. The van der Waals surface area contributed by atoms with Gasteiger partial charge in [-0.2, -0.15) is 0 Å². The molecule has 1 spiro atoms. The minimum absolute atomic E-state index is 0. The van der Waals surface area contributed by atoms with Gasteiger partial charge in [-0.1, -0.05) is 19.1 Å². The van der Waals surface area contributed by atoms with Crippen molar-refractivity contribution in [1.82, 2.24) is 15.5 Å². The highest BCUT2D eigenvalue weighted by molar-refractivity contribution is 14.0. The second-order valence-electron chi connectivity index (χ2n) is 7.60. The largest absolute Gasteiger partial charge is 0.381 e. The summed E-state index contributed by atoms with van der Waals surface area (Å²) in [5.41, 5.74) is 2.06. The lowest BCUT2D eigenvalue weighted by Crippen LogP contribution is -2.41. The fourth-order valence-corrected chi connectivity index (χ4v) is 3.83. The minimum atomic E-state index is -0.0164. The number of ether oxygens (including phenoxy) is 1. The lowest BCUT2D eigenvalue weighted by Gasteiger charge is -2.25. The molecule has 2 aliphatic heterocycles. The molecule has 2 aliphatic rings. The van der Waals surface area contributed by atoms with E-state index in [0.717, 1.165) is 57.2 Å². The number of carbonyl (C=O) groups is 1. The van der Waals surface area contributed by atoms with Gasteiger partial charge >= 0.3 is 0 Å². The van der Waals surface area contributed by atoms with Crippen molar-refractivity contribution in [3.8, 4) is 0 Å². The van der Waals surface area contributed by atoms with E-state index in [-0.39, 0.29) is 29.9 Å². The van der Waals surface area contributed by atoms with Crippen LogP contribution in [0.4, 0.5) is 0 Å². The monoisotopic (exact) mass is 500 g/mol. The van der Waals surface area contributed by atoms with Crippen LogP contribution in [0.3, 0.4) is 0 Å². The van der Waals surface area contributed by atoms with Crippen LogP contribution in [0, 0.1) is 5.41 Å². The molecule has 6 nitrogen and oxygen atoms in total. The van der Waals surface area contributed by atoms with Gasteiger partial charge < -0.3 is 20.3 Å². The van der Waals surface area contributed by atoms with Crippen molar-refractivity contribution in [2.75, 3.05) is 39.4 Å². The maximum absolute atomic E-state index is 12.2. The zero-order valence-corrected chi connectivity index (χ0v) is 19.3. The number of hydrogen-bond acceptors (Lipinski definition) is 3. The van der Waals surface area contributed by atoms with Gasteiger partial charge in [0.1, 0.15) is 0 Å². The molecule has 156 valence electrons. The number of amides is 1. The van der Waals surface area contributed by atoms with Crippen LogP contribution < -0.4 is 10.6 Å². The Morgan fingerprint density at radius 3 is 2.86 bits per heavy atom. The summed E-state index contributed by atoms with van der Waals surface area (Å²) in [6, 6.07) is 7.75. The average Bonchev–Trinajstić information content (AvgIpc) is 3.33. The molecule has 28 heavy (non-hydrogen) atoms. The zero-order chi connectivity index (χ0) is 19.1. The number of nitrogens with one attached hydrogen (secondary N) is 2. The van der Waals surface area contributed by atoms with Gasteiger partial charge in [-0.25, -0.2) is 4.99 Å².